The number of piperazine rings is 1. The van der Waals surface area contributed by atoms with Gasteiger partial charge in [-0.2, -0.15) is 9.98 Å². The smallest absolute Gasteiger partial charge is 0.264 e. The standard InChI is InChI=1S/C18H26F2N8O/c1-26-17(27-4-2-22-3-5-27)24-16(25-18(26)28-6-8-29-9-7-28)13-11-23-14(21)10-12(13)15(19)20/h10,15,22H,2-9,11H2,1H3,(H2,21,23). The summed E-state index contributed by atoms with van der Waals surface area (Å²) in [6, 6.07) is 0. The van der Waals surface area contributed by atoms with Crippen LogP contribution in [0.5, 0.6) is 0 Å². The van der Waals surface area contributed by atoms with Gasteiger partial charge in [-0.05, 0) is 6.08 Å². The van der Waals surface area contributed by atoms with Gasteiger partial charge in [0.15, 0.2) is 5.82 Å². The molecule has 0 bridgehead atoms. The minimum absolute atomic E-state index is 0.0410. The van der Waals surface area contributed by atoms with E-state index in [0.29, 0.717) is 43.8 Å². The number of nitrogens with zero attached hydrogens (tertiary/aromatic N) is 6. The van der Waals surface area contributed by atoms with Crippen LogP contribution >= 0.6 is 0 Å². The molecule has 2 saturated heterocycles. The Morgan fingerprint density at radius 1 is 1.07 bits per heavy atom. The lowest BCUT2D eigenvalue weighted by molar-refractivity contribution is 0.0642. The number of aliphatic imine (C=N–C) groups is 3. The van der Waals surface area contributed by atoms with Crippen LogP contribution in [0, 0.1) is 0 Å². The highest BCUT2D eigenvalue weighted by Gasteiger charge is 2.32. The predicted octanol–water partition coefficient (Wildman–Crippen LogP) is -0.345. The van der Waals surface area contributed by atoms with Crippen LogP contribution in [0.2, 0.25) is 0 Å². The van der Waals surface area contributed by atoms with Gasteiger partial charge in [0.05, 0.1) is 19.8 Å². The quantitative estimate of drug-likeness (QED) is 0.616. The molecule has 11 heteroatoms. The fourth-order valence-corrected chi connectivity index (χ4v) is 3.73. The summed E-state index contributed by atoms with van der Waals surface area (Å²) < 4.78 is 32.9. The van der Waals surface area contributed by atoms with Crippen molar-refractivity contribution in [3.05, 3.63) is 23.0 Å². The highest BCUT2D eigenvalue weighted by Crippen LogP contribution is 2.28. The first-order chi connectivity index (χ1) is 14.0. The van der Waals surface area contributed by atoms with Gasteiger partial charge in [-0.15, -0.1) is 0 Å². The van der Waals surface area contributed by atoms with Crippen LogP contribution in [-0.4, -0.2) is 105 Å². The van der Waals surface area contributed by atoms with Crippen molar-refractivity contribution in [2.24, 2.45) is 20.7 Å². The molecule has 3 N–H and O–H groups in total. The molecule has 0 spiro atoms. The van der Waals surface area contributed by atoms with Gasteiger partial charge in [0.1, 0.15) is 5.84 Å². The Morgan fingerprint density at radius 2 is 1.69 bits per heavy atom. The second kappa shape index (κ2) is 8.46. The first kappa shape index (κ1) is 19.8. The highest BCUT2D eigenvalue weighted by molar-refractivity contribution is 6.01. The lowest BCUT2D eigenvalue weighted by Crippen LogP contribution is -2.57. The SMILES string of the molecule is CN1C(N2CCNCC2)=NC(=C2CN=C(N)C=C2C(F)F)N=C1N1CCOCC1. The Labute approximate surface area is 168 Å². The fourth-order valence-electron chi connectivity index (χ4n) is 3.73. The van der Waals surface area contributed by atoms with E-state index in [1.165, 1.54) is 6.08 Å². The molecule has 4 aliphatic rings. The number of morpholine rings is 1. The topological polar surface area (TPSA) is 94.1 Å². The van der Waals surface area contributed by atoms with Crippen LogP contribution < -0.4 is 11.1 Å². The largest absolute Gasteiger partial charge is 0.384 e. The molecule has 29 heavy (non-hydrogen) atoms. The zero-order valence-electron chi connectivity index (χ0n) is 16.4. The number of hydrogen-bond acceptors (Lipinski definition) is 9. The van der Waals surface area contributed by atoms with Gasteiger partial charge in [-0.1, -0.05) is 0 Å². The Bertz CT molecular complexity index is 754. The molecule has 9 nitrogen and oxygen atoms in total. The normalized spacial score (nSPS) is 26.3. The van der Waals surface area contributed by atoms with Crippen molar-refractivity contribution < 1.29 is 13.5 Å². The van der Waals surface area contributed by atoms with Gasteiger partial charge in [-0.25, -0.2) is 8.78 Å². The van der Waals surface area contributed by atoms with E-state index in [4.69, 9.17) is 20.5 Å². The van der Waals surface area contributed by atoms with Crippen molar-refractivity contribution >= 4 is 17.8 Å². The van der Waals surface area contributed by atoms with Crippen LogP contribution in [0.3, 0.4) is 0 Å². The number of hydrogen-bond donors (Lipinski definition) is 2. The average molecular weight is 408 g/mol. The minimum atomic E-state index is -2.67. The summed E-state index contributed by atoms with van der Waals surface area (Å²) in [7, 11) is 1.91. The van der Waals surface area contributed by atoms with Crippen molar-refractivity contribution in [2.45, 2.75) is 6.43 Å². The van der Waals surface area contributed by atoms with E-state index < -0.39 is 6.43 Å². The van der Waals surface area contributed by atoms with Crippen molar-refractivity contribution in [2.75, 3.05) is 66.1 Å². The molecule has 0 amide bonds. The first-order valence-electron chi connectivity index (χ1n) is 9.77. The average Bonchev–Trinajstić information content (AvgIpc) is 2.75. The van der Waals surface area contributed by atoms with E-state index in [0.717, 1.165) is 26.2 Å². The third kappa shape index (κ3) is 4.10. The summed E-state index contributed by atoms with van der Waals surface area (Å²) >= 11 is 0. The molecular weight excluding hydrogens is 382 g/mol. The molecule has 4 rings (SSSR count). The van der Waals surface area contributed by atoms with Gasteiger partial charge in [-0.3, -0.25) is 9.89 Å². The van der Waals surface area contributed by atoms with E-state index >= 15 is 0 Å². The molecular formula is C18H26F2N8O. The Kier molecular flexibility index (Phi) is 5.76. The number of dihydropyridines is 1. The molecule has 0 aromatic heterocycles. The number of guanidine groups is 2. The maximum Gasteiger partial charge on any atom is 0.264 e. The van der Waals surface area contributed by atoms with Gasteiger partial charge in [0.2, 0.25) is 11.9 Å². The summed E-state index contributed by atoms with van der Waals surface area (Å²) in [4.78, 5) is 19.7. The maximum absolute atomic E-state index is 13.7. The van der Waals surface area contributed by atoms with Crippen LogP contribution in [0.25, 0.3) is 0 Å². The zero-order chi connectivity index (χ0) is 20.4. The predicted molar refractivity (Wildman–Crippen MR) is 107 cm³/mol. The molecule has 0 radical (unpaired) electrons. The van der Waals surface area contributed by atoms with Crippen LogP contribution in [0.4, 0.5) is 8.78 Å². The van der Waals surface area contributed by atoms with Gasteiger partial charge in [0, 0.05) is 57.5 Å². The maximum atomic E-state index is 13.7. The second-order valence-corrected chi connectivity index (χ2v) is 7.16. The summed E-state index contributed by atoms with van der Waals surface area (Å²) in [6.07, 6.45) is -1.45. The lowest BCUT2D eigenvalue weighted by atomic mass is 10.0. The minimum Gasteiger partial charge on any atom is -0.384 e. The van der Waals surface area contributed by atoms with E-state index in [9.17, 15) is 8.78 Å². The summed E-state index contributed by atoms with van der Waals surface area (Å²) in [5.41, 5.74) is 5.82. The van der Waals surface area contributed by atoms with E-state index in [1.54, 1.807) is 0 Å². The van der Waals surface area contributed by atoms with Crippen molar-refractivity contribution in [3.8, 4) is 0 Å². The molecule has 0 unspecified atom stereocenters. The molecule has 0 saturated carbocycles. The first-order valence-corrected chi connectivity index (χ1v) is 9.77. The zero-order valence-corrected chi connectivity index (χ0v) is 16.4. The van der Waals surface area contributed by atoms with E-state index in [-0.39, 0.29) is 23.8 Å². The van der Waals surface area contributed by atoms with Gasteiger partial charge in [0.25, 0.3) is 6.43 Å². The summed E-state index contributed by atoms with van der Waals surface area (Å²) in [6.45, 7) is 5.85. The number of halogens is 2. The number of alkyl halides is 2. The van der Waals surface area contributed by atoms with E-state index in [1.807, 2.05) is 11.9 Å². The Morgan fingerprint density at radius 3 is 2.31 bits per heavy atom. The lowest BCUT2D eigenvalue weighted by Gasteiger charge is -2.41. The van der Waals surface area contributed by atoms with Crippen molar-refractivity contribution in [1.82, 2.24) is 20.0 Å². The molecule has 158 valence electrons. The second-order valence-electron chi connectivity index (χ2n) is 7.16. The summed E-state index contributed by atoms with van der Waals surface area (Å²) in [5, 5.41) is 3.32. The third-order valence-corrected chi connectivity index (χ3v) is 5.28. The van der Waals surface area contributed by atoms with Crippen LogP contribution in [0.15, 0.2) is 38.0 Å². The van der Waals surface area contributed by atoms with Crippen LogP contribution in [0.1, 0.15) is 0 Å². The van der Waals surface area contributed by atoms with Crippen molar-refractivity contribution in [1.29, 1.82) is 0 Å². The molecule has 2 fully saturated rings. The summed E-state index contributed by atoms with van der Waals surface area (Å²) in [5.74, 6) is 1.78. The molecule has 0 aromatic carbocycles. The Hall–Kier alpha value is -2.53. The molecule has 0 aliphatic carbocycles. The molecule has 0 aromatic rings. The monoisotopic (exact) mass is 408 g/mol. The number of rotatable bonds is 1. The number of nitrogens with two attached hydrogens (primary N) is 1. The van der Waals surface area contributed by atoms with Gasteiger partial charge < -0.3 is 25.6 Å². The third-order valence-electron chi connectivity index (χ3n) is 5.28. The Balaban J connectivity index is 1.77. The van der Waals surface area contributed by atoms with Crippen molar-refractivity contribution in [3.63, 3.8) is 0 Å². The number of amidine groups is 1. The number of ether oxygens (including phenoxy) is 1. The fraction of sp³-hybridized carbons (Fsp3) is 0.611. The van der Waals surface area contributed by atoms with E-state index in [2.05, 4.69) is 20.1 Å². The molecule has 4 aliphatic heterocycles. The number of nitrogens with one attached hydrogen (secondary N) is 1. The van der Waals surface area contributed by atoms with Gasteiger partial charge >= 0.3 is 0 Å². The molecule has 4 heterocycles. The highest BCUT2D eigenvalue weighted by atomic mass is 19.3. The van der Waals surface area contributed by atoms with Crippen LogP contribution in [-0.2, 0) is 4.74 Å². The molecule has 0 atom stereocenters.